The summed E-state index contributed by atoms with van der Waals surface area (Å²) in [6.07, 6.45) is 2.11. The molecule has 2 heterocycles. The molecule has 1 aromatic heterocycles. The molecule has 134 valence electrons. The highest BCUT2D eigenvalue weighted by atomic mass is 19.1. The van der Waals surface area contributed by atoms with Crippen molar-refractivity contribution in [3.63, 3.8) is 0 Å². The van der Waals surface area contributed by atoms with Crippen molar-refractivity contribution in [2.24, 2.45) is 0 Å². The maximum Gasteiger partial charge on any atom is 0.235 e. The highest BCUT2D eigenvalue weighted by molar-refractivity contribution is 5.97. The Balaban J connectivity index is 1.80. The SMILES string of the molecule is Cc1ccc2c(c1)c1c(n2C(=O)Cc2ccc(F)cc2)CCN(C)CC1. The van der Waals surface area contributed by atoms with Crippen molar-refractivity contribution >= 4 is 16.8 Å². The standard InChI is InChI=1S/C22H23FN2O/c1-15-3-8-20-19(13-15)18-9-11-24(2)12-10-21(18)25(20)22(26)14-16-4-6-17(23)7-5-16/h3-8,13H,9-12,14H2,1-2H3. The van der Waals surface area contributed by atoms with Crippen molar-refractivity contribution in [1.29, 1.82) is 0 Å². The summed E-state index contributed by atoms with van der Waals surface area (Å²) in [4.78, 5) is 15.5. The maximum atomic E-state index is 13.2. The molecular weight excluding hydrogens is 327 g/mol. The van der Waals surface area contributed by atoms with E-state index in [9.17, 15) is 9.18 Å². The summed E-state index contributed by atoms with van der Waals surface area (Å²) >= 11 is 0. The van der Waals surface area contributed by atoms with Gasteiger partial charge in [0.15, 0.2) is 0 Å². The highest BCUT2D eigenvalue weighted by Gasteiger charge is 2.23. The maximum absolute atomic E-state index is 13.2. The number of benzene rings is 2. The molecule has 4 heteroatoms. The molecule has 0 atom stereocenters. The Hall–Kier alpha value is -2.46. The lowest BCUT2D eigenvalue weighted by Crippen LogP contribution is -2.22. The van der Waals surface area contributed by atoms with Gasteiger partial charge in [-0.3, -0.25) is 9.36 Å². The van der Waals surface area contributed by atoms with Crippen LogP contribution in [0.4, 0.5) is 4.39 Å². The van der Waals surface area contributed by atoms with Gasteiger partial charge in [-0.1, -0.05) is 23.8 Å². The monoisotopic (exact) mass is 350 g/mol. The summed E-state index contributed by atoms with van der Waals surface area (Å²) in [6.45, 7) is 4.05. The number of aryl methyl sites for hydroxylation is 1. The molecule has 0 radical (unpaired) electrons. The molecule has 0 amide bonds. The Labute approximate surface area is 153 Å². The van der Waals surface area contributed by atoms with Crippen LogP contribution in [0.1, 0.15) is 27.2 Å². The van der Waals surface area contributed by atoms with Gasteiger partial charge < -0.3 is 4.90 Å². The summed E-state index contributed by atoms with van der Waals surface area (Å²) in [5.41, 5.74) is 5.49. The number of likely N-dealkylation sites (N-methyl/N-ethyl adjacent to an activating group) is 1. The van der Waals surface area contributed by atoms with Crippen LogP contribution in [-0.2, 0) is 19.3 Å². The first-order chi connectivity index (χ1) is 12.5. The molecule has 0 unspecified atom stereocenters. The number of rotatable bonds is 2. The zero-order chi connectivity index (χ0) is 18.3. The van der Waals surface area contributed by atoms with E-state index in [1.807, 2.05) is 4.57 Å². The van der Waals surface area contributed by atoms with Gasteiger partial charge in [-0.05, 0) is 55.8 Å². The topological polar surface area (TPSA) is 25.2 Å². The van der Waals surface area contributed by atoms with Crippen molar-refractivity contribution in [3.8, 4) is 0 Å². The lowest BCUT2D eigenvalue weighted by molar-refractivity contribution is 0.0916. The summed E-state index contributed by atoms with van der Waals surface area (Å²) < 4.78 is 15.1. The largest absolute Gasteiger partial charge is 0.306 e. The van der Waals surface area contributed by atoms with Gasteiger partial charge in [0.2, 0.25) is 5.91 Å². The van der Waals surface area contributed by atoms with E-state index < -0.39 is 0 Å². The second-order valence-corrected chi connectivity index (χ2v) is 7.28. The van der Waals surface area contributed by atoms with E-state index in [0.29, 0.717) is 0 Å². The van der Waals surface area contributed by atoms with E-state index >= 15 is 0 Å². The third-order valence-corrected chi connectivity index (χ3v) is 5.33. The average Bonchev–Trinajstić information content (AvgIpc) is 2.79. The lowest BCUT2D eigenvalue weighted by Gasteiger charge is -2.13. The fraction of sp³-hybridized carbons (Fsp3) is 0.318. The summed E-state index contributed by atoms with van der Waals surface area (Å²) in [5.74, 6) is -0.226. The molecule has 0 saturated heterocycles. The van der Waals surface area contributed by atoms with Gasteiger partial charge in [0, 0.05) is 30.6 Å². The third kappa shape index (κ3) is 3.06. The molecule has 1 aliphatic rings. The van der Waals surface area contributed by atoms with Crippen LogP contribution in [0, 0.1) is 12.7 Å². The second kappa shape index (κ2) is 6.69. The lowest BCUT2D eigenvalue weighted by atomic mass is 10.1. The first kappa shape index (κ1) is 17.0. The van der Waals surface area contributed by atoms with Gasteiger partial charge in [0.25, 0.3) is 0 Å². The quantitative estimate of drug-likeness (QED) is 0.698. The Morgan fingerprint density at radius 3 is 2.58 bits per heavy atom. The molecule has 0 fully saturated rings. The molecular formula is C22H23FN2O. The normalized spacial score (nSPS) is 15.0. The third-order valence-electron chi connectivity index (χ3n) is 5.33. The molecule has 26 heavy (non-hydrogen) atoms. The molecule has 4 rings (SSSR count). The minimum Gasteiger partial charge on any atom is -0.306 e. The van der Waals surface area contributed by atoms with Gasteiger partial charge in [-0.15, -0.1) is 0 Å². The van der Waals surface area contributed by atoms with Crippen LogP contribution in [0.3, 0.4) is 0 Å². The van der Waals surface area contributed by atoms with Gasteiger partial charge >= 0.3 is 0 Å². The summed E-state index contributed by atoms with van der Waals surface area (Å²) in [5, 5.41) is 1.20. The molecule has 0 N–H and O–H groups in total. The van der Waals surface area contributed by atoms with E-state index in [-0.39, 0.29) is 18.1 Å². The molecule has 0 bridgehead atoms. The van der Waals surface area contributed by atoms with E-state index in [1.54, 1.807) is 12.1 Å². The fourth-order valence-electron chi connectivity index (χ4n) is 3.92. The van der Waals surface area contributed by atoms with Crippen LogP contribution in [0.2, 0.25) is 0 Å². The molecule has 0 aliphatic carbocycles. The van der Waals surface area contributed by atoms with E-state index in [2.05, 4.69) is 37.1 Å². The van der Waals surface area contributed by atoms with Crippen LogP contribution in [-0.4, -0.2) is 35.5 Å². The first-order valence-electron chi connectivity index (χ1n) is 9.12. The van der Waals surface area contributed by atoms with Crippen molar-refractivity contribution < 1.29 is 9.18 Å². The fourth-order valence-corrected chi connectivity index (χ4v) is 3.92. The van der Waals surface area contributed by atoms with Gasteiger partial charge in [0.1, 0.15) is 5.82 Å². The number of fused-ring (bicyclic) bond motifs is 3. The number of aromatic nitrogens is 1. The molecule has 0 spiro atoms. The summed E-state index contributed by atoms with van der Waals surface area (Å²) in [7, 11) is 2.13. The Kier molecular flexibility index (Phi) is 4.37. The van der Waals surface area contributed by atoms with E-state index in [0.717, 1.165) is 42.7 Å². The van der Waals surface area contributed by atoms with Crippen LogP contribution >= 0.6 is 0 Å². The number of halogens is 1. The van der Waals surface area contributed by atoms with Crippen molar-refractivity contribution in [2.75, 3.05) is 20.1 Å². The number of carbonyl (C=O) groups is 1. The van der Waals surface area contributed by atoms with Gasteiger partial charge in [0.05, 0.1) is 11.9 Å². The number of nitrogens with zero attached hydrogens (tertiary/aromatic N) is 2. The van der Waals surface area contributed by atoms with Gasteiger partial charge in [-0.25, -0.2) is 4.39 Å². The minimum atomic E-state index is -0.278. The van der Waals surface area contributed by atoms with Crippen molar-refractivity contribution in [1.82, 2.24) is 9.47 Å². The van der Waals surface area contributed by atoms with E-state index in [1.165, 1.54) is 28.6 Å². The van der Waals surface area contributed by atoms with Crippen LogP contribution in [0.15, 0.2) is 42.5 Å². The Bertz CT molecular complexity index is 972. The van der Waals surface area contributed by atoms with Crippen LogP contribution < -0.4 is 0 Å². The molecule has 2 aromatic carbocycles. The van der Waals surface area contributed by atoms with Crippen LogP contribution in [0.5, 0.6) is 0 Å². The van der Waals surface area contributed by atoms with Crippen molar-refractivity contribution in [3.05, 3.63) is 70.7 Å². The molecule has 0 saturated carbocycles. The van der Waals surface area contributed by atoms with Gasteiger partial charge in [-0.2, -0.15) is 0 Å². The smallest absolute Gasteiger partial charge is 0.235 e. The van der Waals surface area contributed by atoms with Crippen molar-refractivity contribution in [2.45, 2.75) is 26.2 Å². The predicted molar refractivity (Wildman–Crippen MR) is 102 cm³/mol. The Morgan fingerprint density at radius 2 is 1.81 bits per heavy atom. The molecule has 1 aliphatic heterocycles. The first-order valence-corrected chi connectivity index (χ1v) is 9.12. The summed E-state index contributed by atoms with van der Waals surface area (Å²) in [6, 6.07) is 12.5. The zero-order valence-electron chi connectivity index (χ0n) is 15.3. The van der Waals surface area contributed by atoms with Crippen LogP contribution in [0.25, 0.3) is 10.9 Å². The minimum absolute atomic E-state index is 0.0521. The average molecular weight is 350 g/mol. The number of carbonyl (C=O) groups excluding carboxylic acids is 1. The van der Waals surface area contributed by atoms with E-state index in [4.69, 9.17) is 0 Å². The number of hydrogen-bond acceptors (Lipinski definition) is 2. The molecule has 3 aromatic rings. The number of hydrogen-bond donors (Lipinski definition) is 0. The molecule has 3 nitrogen and oxygen atoms in total. The Morgan fingerprint density at radius 1 is 1.08 bits per heavy atom. The zero-order valence-corrected chi connectivity index (χ0v) is 15.3. The highest BCUT2D eigenvalue weighted by Crippen LogP contribution is 2.30. The predicted octanol–water partition coefficient (Wildman–Crippen LogP) is 4.00. The second-order valence-electron chi connectivity index (χ2n) is 7.28.